The van der Waals surface area contributed by atoms with Crippen molar-refractivity contribution in [1.82, 2.24) is 9.97 Å². The highest BCUT2D eigenvalue weighted by molar-refractivity contribution is 5.42. The van der Waals surface area contributed by atoms with Crippen LogP contribution in [0, 0.1) is 13.8 Å². The van der Waals surface area contributed by atoms with Crippen LogP contribution in [0.3, 0.4) is 0 Å². The van der Waals surface area contributed by atoms with Gasteiger partial charge in [0.2, 0.25) is 0 Å². The summed E-state index contributed by atoms with van der Waals surface area (Å²) < 4.78 is 0. The number of nitrogen functional groups attached to an aromatic ring is 1. The van der Waals surface area contributed by atoms with E-state index in [1.165, 1.54) is 11.3 Å². The Kier molecular flexibility index (Phi) is 5.11. The zero-order valence-electron chi connectivity index (χ0n) is 11.4. The van der Waals surface area contributed by atoms with Crippen LogP contribution in [0.2, 0.25) is 0 Å². The quantitative estimate of drug-likeness (QED) is 0.837. The molecule has 0 aliphatic carbocycles. The Bertz CT molecular complexity index is 460. The second kappa shape index (κ2) is 6.59. The van der Waals surface area contributed by atoms with Gasteiger partial charge in [0.25, 0.3) is 0 Å². The molecule has 0 amide bonds. The molecule has 0 radical (unpaired) electrons. The minimum Gasteiger partial charge on any atom is -0.383 e. The summed E-state index contributed by atoms with van der Waals surface area (Å²) in [5.74, 6) is 0.634. The maximum atomic E-state index is 5.51. The number of hydrogen-bond donors (Lipinski definition) is 1. The van der Waals surface area contributed by atoms with Crippen molar-refractivity contribution in [3.63, 3.8) is 0 Å². The first-order valence-corrected chi connectivity index (χ1v) is 5.77. The fourth-order valence-corrected chi connectivity index (χ4v) is 1.30. The molecule has 2 rings (SSSR count). The highest BCUT2D eigenvalue weighted by Crippen LogP contribution is 2.09. The average molecular weight is 244 g/mol. The van der Waals surface area contributed by atoms with E-state index < -0.39 is 0 Å². The van der Waals surface area contributed by atoms with Crippen molar-refractivity contribution in [3.05, 3.63) is 47.9 Å². The fraction of sp³-hybridized carbons (Fsp3) is 0.286. The second-order valence-corrected chi connectivity index (χ2v) is 4.24. The molecule has 0 spiro atoms. The Morgan fingerprint density at radius 1 is 1.00 bits per heavy atom. The van der Waals surface area contributed by atoms with Crippen LogP contribution >= 0.6 is 0 Å². The van der Waals surface area contributed by atoms with Crippen molar-refractivity contribution in [2.45, 2.75) is 13.8 Å². The standard InChI is InChI=1S/2C7H10N2/c1-9(2)7-3-5-8-6-4-7;1-5-3-4-9-7(8)6(5)2/h3-6H,1-2H3;3-4H,1-2H3,(H2,8,9). The van der Waals surface area contributed by atoms with Crippen LogP contribution in [0.5, 0.6) is 0 Å². The molecule has 0 fully saturated rings. The van der Waals surface area contributed by atoms with Crippen LogP contribution in [-0.2, 0) is 0 Å². The minimum atomic E-state index is 0.634. The molecule has 2 aromatic rings. The molecule has 4 heteroatoms. The maximum absolute atomic E-state index is 5.51. The van der Waals surface area contributed by atoms with Crippen molar-refractivity contribution >= 4 is 11.5 Å². The van der Waals surface area contributed by atoms with Crippen molar-refractivity contribution in [1.29, 1.82) is 0 Å². The Morgan fingerprint density at radius 3 is 2.00 bits per heavy atom. The maximum Gasteiger partial charge on any atom is 0.126 e. The van der Waals surface area contributed by atoms with E-state index in [1.54, 1.807) is 18.6 Å². The Balaban J connectivity index is 0.000000180. The summed E-state index contributed by atoms with van der Waals surface area (Å²) in [5, 5.41) is 0. The highest BCUT2D eigenvalue weighted by atomic mass is 15.1. The van der Waals surface area contributed by atoms with Gasteiger partial charge < -0.3 is 10.6 Å². The van der Waals surface area contributed by atoms with Gasteiger partial charge in [0.05, 0.1) is 0 Å². The molecule has 2 N–H and O–H groups in total. The lowest BCUT2D eigenvalue weighted by Gasteiger charge is -2.10. The molecule has 0 saturated carbocycles. The summed E-state index contributed by atoms with van der Waals surface area (Å²) in [5.41, 5.74) is 8.97. The van der Waals surface area contributed by atoms with Crippen molar-refractivity contribution in [2.24, 2.45) is 0 Å². The predicted molar refractivity (Wildman–Crippen MR) is 76.7 cm³/mol. The second-order valence-electron chi connectivity index (χ2n) is 4.24. The first-order valence-electron chi connectivity index (χ1n) is 5.77. The first-order chi connectivity index (χ1) is 8.52. The van der Waals surface area contributed by atoms with Crippen LogP contribution in [-0.4, -0.2) is 24.1 Å². The molecule has 0 saturated heterocycles. The summed E-state index contributed by atoms with van der Waals surface area (Å²) >= 11 is 0. The van der Waals surface area contributed by atoms with Gasteiger partial charge in [0, 0.05) is 38.4 Å². The SMILES string of the molecule is CN(C)c1ccncc1.Cc1ccnc(N)c1C. The average Bonchev–Trinajstić information content (AvgIpc) is 2.38. The van der Waals surface area contributed by atoms with Crippen LogP contribution in [0.4, 0.5) is 11.5 Å². The van der Waals surface area contributed by atoms with Crippen LogP contribution < -0.4 is 10.6 Å². The van der Waals surface area contributed by atoms with Gasteiger partial charge >= 0.3 is 0 Å². The van der Waals surface area contributed by atoms with E-state index in [9.17, 15) is 0 Å². The molecular formula is C14H20N4. The molecular weight excluding hydrogens is 224 g/mol. The lowest BCUT2D eigenvalue weighted by atomic mass is 10.2. The lowest BCUT2D eigenvalue weighted by molar-refractivity contribution is 1.12. The number of hydrogen-bond acceptors (Lipinski definition) is 4. The third-order valence-corrected chi connectivity index (χ3v) is 2.69. The van der Waals surface area contributed by atoms with Crippen LogP contribution in [0.25, 0.3) is 0 Å². The minimum absolute atomic E-state index is 0.634. The monoisotopic (exact) mass is 244 g/mol. The van der Waals surface area contributed by atoms with Crippen LogP contribution in [0.15, 0.2) is 36.8 Å². The summed E-state index contributed by atoms with van der Waals surface area (Å²) in [7, 11) is 4.02. The van der Waals surface area contributed by atoms with Gasteiger partial charge in [-0.25, -0.2) is 4.98 Å². The smallest absolute Gasteiger partial charge is 0.126 e. The van der Waals surface area contributed by atoms with E-state index in [1.807, 2.05) is 51.0 Å². The number of aromatic nitrogens is 2. The molecule has 2 aromatic heterocycles. The van der Waals surface area contributed by atoms with E-state index in [0.29, 0.717) is 5.82 Å². The Hall–Kier alpha value is -2.10. The first kappa shape index (κ1) is 14.0. The number of pyridine rings is 2. The molecule has 4 nitrogen and oxygen atoms in total. The Morgan fingerprint density at radius 2 is 1.61 bits per heavy atom. The molecule has 0 atom stereocenters. The molecule has 0 aliphatic rings. The number of nitrogens with zero attached hydrogens (tertiary/aromatic N) is 3. The molecule has 0 aliphatic heterocycles. The van der Waals surface area contributed by atoms with Gasteiger partial charge in [0.1, 0.15) is 5.82 Å². The van der Waals surface area contributed by atoms with Gasteiger partial charge in [-0.15, -0.1) is 0 Å². The third-order valence-electron chi connectivity index (χ3n) is 2.69. The van der Waals surface area contributed by atoms with Crippen molar-refractivity contribution in [3.8, 4) is 0 Å². The van der Waals surface area contributed by atoms with Crippen molar-refractivity contribution in [2.75, 3.05) is 24.7 Å². The summed E-state index contributed by atoms with van der Waals surface area (Å²) in [4.78, 5) is 9.86. The topological polar surface area (TPSA) is 55.0 Å². The predicted octanol–water partition coefficient (Wildman–Crippen LogP) is 2.43. The molecule has 0 unspecified atom stereocenters. The lowest BCUT2D eigenvalue weighted by Crippen LogP contribution is -2.07. The normalized spacial score (nSPS) is 9.33. The largest absolute Gasteiger partial charge is 0.383 e. The third kappa shape index (κ3) is 4.05. The van der Waals surface area contributed by atoms with E-state index in [4.69, 9.17) is 5.73 Å². The number of rotatable bonds is 1. The summed E-state index contributed by atoms with van der Waals surface area (Å²) in [6.45, 7) is 3.99. The number of nitrogens with two attached hydrogens (primary N) is 1. The zero-order valence-corrected chi connectivity index (χ0v) is 11.4. The highest BCUT2D eigenvalue weighted by Gasteiger charge is 1.94. The fourth-order valence-electron chi connectivity index (χ4n) is 1.30. The van der Waals surface area contributed by atoms with E-state index >= 15 is 0 Å². The summed E-state index contributed by atoms with van der Waals surface area (Å²) in [6, 6.07) is 5.89. The Labute approximate surface area is 108 Å². The number of aryl methyl sites for hydroxylation is 1. The zero-order chi connectivity index (χ0) is 13.5. The van der Waals surface area contributed by atoms with E-state index in [0.717, 1.165) is 5.56 Å². The van der Waals surface area contributed by atoms with Crippen LogP contribution in [0.1, 0.15) is 11.1 Å². The molecule has 0 aromatic carbocycles. The van der Waals surface area contributed by atoms with E-state index in [2.05, 4.69) is 9.97 Å². The van der Waals surface area contributed by atoms with Gasteiger partial charge in [0.15, 0.2) is 0 Å². The van der Waals surface area contributed by atoms with Gasteiger partial charge in [-0.05, 0) is 43.2 Å². The molecule has 18 heavy (non-hydrogen) atoms. The molecule has 0 bridgehead atoms. The number of anilines is 2. The van der Waals surface area contributed by atoms with Crippen molar-refractivity contribution < 1.29 is 0 Å². The van der Waals surface area contributed by atoms with Gasteiger partial charge in [-0.1, -0.05) is 0 Å². The summed E-state index contributed by atoms with van der Waals surface area (Å²) in [6.07, 6.45) is 5.29. The molecule has 96 valence electrons. The molecule has 2 heterocycles. The van der Waals surface area contributed by atoms with Gasteiger partial charge in [-0.3, -0.25) is 4.98 Å². The van der Waals surface area contributed by atoms with E-state index in [-0.39, 0.29) is 0 Å². The van der Waals surface area contributed by atoms with Gasteiger partial charge in [-0.2, -0.15) is 0 Å².